The summed E-state index contributed by atoms with van der Waals surface area (Å²) in [5, 5.41) is 0. The largest absolute Gasteiger partial charge is 0.399 e. The molecule has 104 valence electrons. The lowest BCUT2D eigenvalue weighted by Gasteiger charge is -2.25. The Morgan fingerprint density at radius 3 is 2.89 bits per heavy atom. The predicted molar refractivity (Wildman–Crippen MR) is 75.3 cm³/mol. The van der Waals surface area contributed by atoms with Crippen LogP contribution in [0.5, 0.6) is 0 Å². The Morgan fingerprint density at radius 2 is 2.05 bits per heavy atom. The van der Waals surface area contributed by atoms with Crippen molar-refractivity contribution in [1.82, 2.24) is 9.80 Å². The van der Waals surface area contributed by atoms with Crippen molar-refractivity contribution in [2.24, 2.45) is 0 Å². The number of anilines is 1. The predicted octanol–water partition coefficient (Wildman–Crippen LogP) is 2.08. The second-order valence-electron chi connectivity index (χ2n) is 5.77. The molecule has 1 aromatic rings. The second kappa shape index (κ2) is 5.47. The monoisotopic (exact) mass is 263 g/mol. The van der Waals surface area contributed by atoms with Crippen molar-refractivity contribution in [2.75, 3.05) is 31.9 Å². The maximum Gasteiger partial charge on any atom is 0.129 e. The van der Waals surface area contributed by atoms with Gasteiger partial charge in [-0.3, -0.25) is 9.80 Å². The van der Waals surface area contributed by atoms with E-state index in [1.54, 1.807) is 6.07 Å². The van der Waals surface area contributed by atoms with Crippen LogP contribution in [0.1, 0.15) is 24.8 Å². The Balaban J connectivity index is 1.68. The zero-order valence-electron chi connectivity index (χ0n) is 11.3. The van der Waals surface area contributed by atoms with Crippen molar-refractivity contribution < 1.29 is 4.39 Å². The lowest BCUT2D eigenvalue weighted by atomic mass is 10.1. The van der Waals surface area contributed by atoms with Crippen LogP contribution in [0.4, 0.5) is 10.1 Å². The molecule has 2 N–H and O–H groups in total. The molecule has 0 aromatic heterocycles. The van der Waals surface area contributed by atoms with Crippen molar-refractivity contribution in [3.05, 3.63) is 29.6 Å². The zero-order chi connectivity index (χ0) is 13.2. The lowest BCUT2D eigenvalue weighted by molar-refractivity contribution is 0.214. The van der Waals surface area contributed by atoms with Gasteiger partial charge in [0.2, 0.25) is 0 Å². The van der Waals surface area contributed by atoms with Crippen LogP contribution in [0, 0.1) is 5.82 Å². The lowest BCUT2D eigenvalue weighted by Crippen LogP contribution is -2.36. The first kappa shape index (κ1) is 12.9. The van der Waals surface area contributed by atoms with Crippen LogP contribution >= 0.6 is 0 Å². The third-order valence-electron chi connectivity index (χ3n) is 4.36. The second-order valence-corrected chi connectivity index (χ2v) is 5.77. The molecule has 2 aliphatic heterocycles. The van der Waals surface area contributed by atoms with E-state index in [0.717, 1.165) is 18.7 Å². The number of benzene rings is 1. The summed E-state index contributed by atoms with van der Waals surface area (Å²) in [6, 6.07) is 5.72. The Hall–Kier alpha value is -1.13. The normalized spacial score (nSPS) is 25.2. The molecule has 0 radical (unpaired) electrons. The molecule has 1 unspecified atom stereocenters. The highest BCUT2D eigenvalue weighted by Crippen LogP contribution is 2.23. The summed E-state index contributed by atoms with van der Waals surface area (Å²) in [4.78, 5) is 4.99. The van der Waals surface area contributed by atoms with E-state index in [9.17, 15) is 4.39 Å². The summed E-state index contributed by atoms with van der Waals surface area (Å²) in [6.07, 6.45) is 3.79. The van der Waals surface area contributed by atoms with Gasteiger partial charge in [-0.15, -0.1) is 0 Å². The third kappa shape index (κ3) is 2.90. The number of nitrogen functional groups attached to an aromatic ring is 1. The summed E-state index contributed by atoms with van der Waals surface area (Å²) in [6.45, 7) is 5.29. The highest BCUT2D eigenvalue weighted by molar-refractivity contribution is 5.40. The molecular weight excluding hydrogens is 241 g/mol. The van der Waals surface area contributed by atoms with Crippen molar-refractivity contribution in [2.45, 2.75) is 31.8 Å². The molecule has 0 spiro atoms. The molecule has 3 nitrogen and oxygen atoms in total. The van der Waals surface area contributed by atoms with E-state index in [-0.39, 0.29) is 5.82 Å². The standard InChI is InChI=1S/C15H22FN3/c16-15-9-13(17)5-4-12(15)10-18-6-2-8-19-7-1-3-14(19)11-18/h4-5,9,14H,1-3,6-8,10-11,17H2. The fraction of sp³-hybridized carbons (Fsp3) is 0.600. The molecular formula is C15H22FN3. The van der Waals surface area contributed by atoms with E-state index >= 15 is 0 Å². The maximum atomic E-state index is 13.9. The van der Waals surface area contributed by atoms with Gasteiger partial charge in [0.05, 0.1) is 0 Å². The van der Waals surface area contributed by atoms with Crippen molar-refractivity contribution in [3.63, 3.8) is 0 Å². The number of halogens is 1. The van der Waals surface area contributed by atoms with Gasteiger partial charge in [-0.1, -0.05) is 6.07 Å². The smallest absolute Gasteiger partial charge is 0.129 e. The van der Waals surface area contributed by atoms with Gasteiger partial charge in [0.1, 0.15) is 5.82 Å². The minimum absolute atomic E-state index is 0.174. The average molecular weight is 263 g/mol. The van der Waals surface area contributed by atoms with Crippen LogP contribution in [0.25, 0.3) is 0 Å². The number of hydrogen-bond acceptors (Lipinski definition) is 3. The average Bonchev–Trinajstić information content (AvgIpc) is 2.72. The number of nitrogens with zero attached hydrogens (tertiary/aromatic N) is 2. The summed E-state index contributed by atoms with van der Waals surface area (Å²) < 4.78 is 13.9. The number of fused-ring (bicyclic) bond motifs is 1. The fourth-order valence-corrected chi connectivity index (χ4v) is 3.36. The Labute approximate surface area is 114 Å². The van der Waals surface area contributed by atoms with Crippen LogP contribution in [0.3, 0.4) is 0 Å². The van der Waals surface area contributed by atoms with Gasteiger partial charge in [-0.05, 0) is 51.0 Å². The number of rotatable bonds is 2. The molecule has 0 saturated carbocycles. The molecule has 0 aliphatic carbocycles. The van der Waals surface area contributed by atoms with Gasteiger partial charge in [0.15, 0.2) is 0 Å². The van der Waals surface area contributed by atoms with Gasteiger partial charge in [-0.2, -0.15) is 0 Å². The van der Waals surface area contributed by atoms with Crippen LogP contribution in [-0.2, 0) is 6.54 Å². The van der Waals surface area contributed by atoms with Gasteiger partial charge >= 0.3 is 0 Å². The molecule has 19 heavy (non-hydrogen) atoms. The molecule has 4 heteroatoms. The van der Waals surface area contributed by atoms with E-state index in [1.165, 1.54) is 38.4 Å². The first-order valence-corrected chi connectivity index (χ1v) is 7.23. The number of hydrogen-bond donors (Lipinski definition) is 1. The van der Waals surface area contributed by atoms with Crippen LogP contribution < -0.4 is 5.73 Å². The van der Waals surface area contributed by atoms with Gasteiger partial charge in [0, 0.05) is 30.4 Å². The Kier molecular flexibility index (Phi) is 3.71. The molecule has 1 atom stereocenters. The molecule has 0 amide bonds. The fourth-order valence-electron chi connectivity index (χ4n) is 3.36. The number of nitrogens with two attached hydrogens (primary N) is 1. The van der Waals surface area contributed by atoms with Crippen molar-refractivity contribution >= 4 is 5.69 Å². The quantitative estimate of drug-likeness (QED) is 0.829. The zero-order valence-corrected chi connectivity index (χ0v) is 11.3. The van der Waals surface area contributed by atoms with E-state index in [0.29, 0.717) is 18.3 Å². The van der Waals surface area contributed by atoms with Crippen LogP contribution in [0.15, 0.2) is 18.2 Å². The minimum Gasteiger partial charge on any atom is -0.399 e. The molecule has 0 bridgehead atoms. The summed E-state index contributed by atoms with van der Waals surface area (Å²) in [7, 11) is 0. The van der Waals surface area contributed by atoms with Crippen molar-refractivity contribution in [3.8, 4) is 0 Å². The molecule has 2 fully saturated rings. The SMILES string of the molecule is Nc1ccc(CN2CCCN3CCCC3C2)c(F)c1. The first-order chi connectivity index (χ1) is 9.22. The third-order valence-corrected chi connectivity index (χ3v) is 4.36. The highest BCUT2D eigenvalue weighted by Gasteiger charge is 2.28. The molecule has 2 heterocycles. The Morgan fingerprint density at radius 1 is 1.21 bits per heavy atom. The first-order valence-electron chi connectivity index (χ1n) is 7.23. The van der Waals surface area contributed by atoms with Crippen LogP contribution in [0.2, 0.25) is 0 Å². The topological polar surface area (TPSA) is 32.5 Å². The molecule has 3 rings (SSSR count). The van der Waals surface area contributed by atoms with E-state index < -0.39 is 0 Å². The van der Waals surface area contributed by atoms with E-state index in [2.05, 4.69) is 9.80 Å². The Bertz CT molecular complexity index is 449. The molecule has 1 aromatic carbocycles. The van der Waals surface area contributed by atoms with Crippen LogP contribution in [-0.4, -0.2) is 42.0 Å². The summed E-state index contributed by atoms with van der Waals surface area (Å²) in [5.74, 6) is -0.174. The molecule has 2 aliphatic rings. The van der Waals surface area contributed by atoms with Gasteiger partial charge in [0.25, 0.3) is 0 Å². The van der Waals surface area contributed by atoms with E-state index in [1.807, 2.05) is 6.07 Å². The van der Waals surface area contributed by atoms with Gasteiger partial charge < -0.3 is 5.73 Å². The highest BCUT2D eigenvalue weighted by atomic mass is 19.1. The van der Waals surface area contributed by atoms with Crippen molar-refractivity contribution in [1.29, 1.82) is 0 Å². The minimum atomic E-state index is -0.174. The summed E-state index contributed by atoms with van der Waals surface area (Å²) >= 11 is 0. The van der Waals surface area contributed by atoms with E-state index in [4.69, 9.17) is 5.73 Å². The maximum absolute atomic E-state index is 13.9. The molecule has 2 saturated heterocycles. The van der Waals surface area contributed by atoms with Gasteiger partial charge in [-0.25, -0.2) is 4.39 Å². The summed E-state index contributed by atoms with van der Waals surface area (Å²) in [5.41, 5.74) is 6.86.